The van der Waals surface area contributed by atoms with Crippen molar-refractivity contribution in [3.8, 4) is 0 Å². The van der Waals surface area contributed by atoms with Crippen LogP contribution in [0.4, 0.5) is 0 Å². The van der Waals surface area contributed by atoms with Gasteiger partial charge in [0.1, 0.15) is 0 Å². The molecular formula is C14H29N3. The van der Waals surface area contributed by atoms with E-state index >= 15 is 0 Å². The van der Waals surface area contributed by atoms with Gasteiger partial charge in [0.25, 0.3) is 0 Å². The molecular weight excluding hydrogens is 210 g/mol. The van der Waals surface area contributed by atoms with Gasteiger partial charge in [0.2, 0.25) is 0 Å². The average Bonchev–Trinajstić information content (AvgIpc) is 2.79. The molecule has 100 valence electrons. The van der Waals surface area contributed by atoms with E-state index in [9.17, 15) is 0 Å². The third-order valence-electron chi connectivity index (χ3n) is 4.15. The molecule has 0 aromatic rings. The van der Waals surface area contributed by atoms with Crippen LogP contribution in [0.3, 0.4) is 0 Å². The topological polar surface area (TPSA) is 18.5 Å². The van der Waals surface area contributed by atoms with Gasteiger partial charge >= 0.3 is 0 Å². The van der Waals surface area contributed by atoms with Crippen LogP contribution >= 0.6 is 0 Å². The number of piperidine rings is 1. The number of nitrogens with one attached hydrogen (secondary N) is 1. The van der Waals surface area contributed by atoms with Gasteiger partial charge in [-0.15, -0.1) is 0 Å². The van der Waals surface area contributed by atoms with E-state index in [4.69, 9.17) is 0 Å². The van der Waals surface area contributed by atoms with Crippen molar-refractivity contribution in [3.05, 3.63) is 0 Å². The lowest BCUT2D eigenvalue weighted by Crippen LogP contribution is -2.46. The lowest BCUT2D eigenvalue weighted by Gasteiger charge is -2.31. The summed E-state index contributed by atoms with van der Waals surface area (Å²) in [6.45, 7) is 10.0. The zero-order valence-electron chi connectivity index (χ0n) is 11.6. The van der Waals surface area contributed by atoms with Crippen molar-refractivity contribution in [3.63, 3.8) is 0 Å². The molecule has 2 fully saturated rings. The van der Waals surface area contributed by atoms with Gasteiger partial charge < -0.3 is 15.1 Å². The Kier molecular flexibility index (Phi) is 5.26. The fourth-order valence-corrected chi connectivity index (χ4v) is 3.17. The molecule has 0 saturated carbocycles. The number of hydrogen-bond donors (Lipinski definition) is 1. The van der Waals surface area contributed by atoms with Crippen molar-refractivity contribution in [2.75, 3.05) is 46.3 Å². The first-order chi connectivity index (χ1) is 8.24. The van der Waals surface area contributed by atoms with Crippen LogP contribution < -0.4 is 5.32 Å². The van der Waals surface area contributed by atoms with Crippen LogP contribution in [0.5, 0.6) is 0 Å². The summed E-state index contributed by atoms with van der Waals surface area (Å²) in [6.07, 6.45) is 5.54. The summed E-state index contributed by atoms with van der Waals surface area (Å²) in [5, 5.41) is 3.76. The summed E-state index contributed by atoms with van der Waals surface area (Å²) in [5.41, 5.74) is 0. The molecule has 0 amide bonds. The van der Waals surface area contributed by atoms with Crippen LogP contribution in [0.2, 0.25) is 0 Å². The molecule has 2 heterocycles. The predicted molar refractivity (Wildman–Crippen MR) is 73.4 cm³/mol. The van der Waals surface area contributed by atoms with Crippen molar-refractivity contribution in [1.29, 1.82) is 0 Å². The Balaban J connectivity index is 1.59. The minimum absolute atomic E-state index is 0.731. The second kappa shape index (κ2) is 6.72. The molecule has 0 spiro atoms. The van der Waals surface area contributed by atoms with Crippen LogP contribution in [0, 0.1) is 5.92 Å². The molecule has 17 heavy (non-hydrogen) atoms. The van der Waals surface area contributed by atoms with E-state index in [-0.39, 0.29) is 0 Å². The fraction of sp³-hybridized carbons (Fsp3) is 1.00. The molecule has 0 aromatic carbocycles. The summed E-state index contributed by atoms with van der Waals surface area (Å²) in [4.78, 5) is 5.08. The molecule has 3 heteroatoms. The highest BCUT2D eigenvalue weighted by Gasteiger charge is 2.18. The van der Waals surface area contributed by atoms with Crippen LogP contribution in [0.15, 0.2) is 0 Å². The summed E-state index contributed by atoms with van der Waals surface area (Å²) < 4.78 is 0. The van der Waals surface area contributed by atoms with E-state index in [0.717, 1.165) is 12.0 Å². The number of hydrogen-bond acceptors (Lipinski definition) is 3. The van der Waals surface area contributed by atoms with Crippen LogP contribution in [0.1, 0.15) is 32.6 Å². The Morgan fingerprint density at radius 1 is 1.18 bits per heavy atom. The van der Waals surface area contributed by atoms with Gasteiger partial charge in [0, 0.05) is 19.1 Å². The molecule has 2 unspecified atom stereocenters. The average molecular weight is 239 g/mol. The maximum Gasteiger partial charge on any atom is 0.0195 e. The standard InChI is InChI=1S/C14H29N3/c1-13(11-17-8-3-4-9-17)10-15-14-6-5-7-16(2)12-14/h13-15H,3-12H2,1-2H3. The van der Waals surface area contributed by atoms with Gasteiger partial charge in [-0.3, -0.25) is 0 Å². The van der Waals surface area contributed by atoms with Gasteiger partial charge in [-0.1, -0.05) is 6.92 Å². The largest absolute Gasteiger partial charge is 0.312 e. The van der Waals surface area contributed by atoms with Crippen LogP contribution in [-0.2, 0) is 0 Å². The monoisotopic (exact) mass is 239 g/mol. The summed E-state index contributed by atoms with van der Waals surface area (Å²) >= 11 is 0. The first-order valence-corrected chi connectivity index (χ1v) is 7.38. The number of rotatable bonds is 5. The zero-order valence-corrected chi connectivity index (χ0v) is 11.6. The normalized spacial score (nSPS) is 29.6. The second-order valence-electron chi connectivity index (χ2n) is 6.12. The van der Waals surface area contributed by atoms with E-state index in [1.165, 1.54) is 65.0 Å². The quantitative estimate of drug-likeness (QED) is 0.782. The Morgan fingerprint density at radius 3 is 2.65 bits per heavy atom. The van der Waals surface area contributed by atoms with Gasteiger partial charge in [-0.05, 0) is 64.8 Å². The van der Waals surface area contributed by atoms with E-state index in [1.807, 2.05) is 0 Å². The third kappa shape index (κ3) is 4.57. The minimum atomic E-state index is 0.731. The van der Waals surface area contributed by atoms with Gasteiger partial charge in [0.15, 0.2) is 0 Å². The van der Waals surface area contributed by atoms with Crippen LogP contribution in [-0.4, -0.2) is 62.2 Å². The lowest BCUT2D eigenvalue weighted by molar-refractivity contribution is 0.214. The van der Waals surface area contributed by atoms with Crippen molar-refractivity contribution >= 4 is 0 Å². The van der Waals surface area contributed by atoms with Crippen molar-refractivity contribution in [1.82, 2.24) is 15.1 Å². The summed E-state index contributed by atoms with van der Waals surface area (Å²) in [5.74, 6) is 0.792. The molecule has 2 aliphatic heterocycles. The second-order valence-corrected chi connectivity index (χ2v) is 6.12. The van der Waals surface area contributed by atoms with Crippen molar-refractivity contribution in [2.45, 2.75) is 38.6 Å². The van der Waals surface area contributed by atoms with E-state index in [2.05, 4.69) is 29.1 Å². The predicted octanol–water partition coefficient (Wildman–Crippen LogP) is 1.40. The third-order valence-corrected chi connectivity index (χ3v) is 4.15. The Hall–Kier alpha value is -0.120. The SMILES string of the molecule is CC(CNC1CCCN(C)C1)CN1CCCC1. The molecule has 0 radical (unpaired) electrons. The molecule has 0 bridgehead atoms. The molecule has 1 N–H and O–H groups in total. The number of likely N-dealkylation sites (N-methyl/N-ethyl adjacent to an activating group) is 1. The molecule has 2 atom stereocenters. The molecule has 3 nitrogen and oxygen atoms in total. The van der Waals surface area contributed by atoms with Gasteiger partial charge in [-0.2, -0.15) is 0 Å². The highest BCUT2D eigenvalue weighted by atomic mass is 15.2. The highest BCUT2D eigenvalue weighted by molar-refractivity contribution is 4.78. The van der Waals surface area contributed by atoms with Gasteiger partial charge in [-0.25, -0.2) is 0 Å². The maximum absolute atomic E-state index is 3.76. The van der Waals surface area contributed by atoms with Crippen molar-refractivity contribution in [2.24, 2.45) is 5.92 Å². The highest BCUT2D eigenvalue weighted by Crippen LogP contribution is 2.11. The van der Waals surface area contributed by atoms with Crippen molar-refractivity contribution < 1.29 is 0 Å². The first-order valence-electron chi connectivity index (χ1n) is 7.38. The molecule has 2 aliphatic rings. The number of likely N-dealkylation sites (tertiary alicyclic amines) is 2. The maximum atomic E-state index is 3.76. The molecule has 0 aliphatic carbocycles. The van der Waals surface area contributed by atoms with E-state index < -0.39 is 0 Å². The zero-order chi connectivity index (χ0) is 12.1. The number of nitrogens with zero attached hydrogens (tertiary/aromatic N) is 2. The first kappa shape index (κ1) is 13.3. The lowest BCUT2D eigenvalue weighted by atomic mass is 10.1. The Morgan fingerprint density at radius 2 is 1.94 bits per heavy atom. The molecule has 0 aromatic heterocycles. The molecule has 2 rings (SSSR count). The van der Waals surface area contributed by atoms with Gasteiger partial charge in [0.05, 0.1) is 0 Å². The Bertz CT molecular complexity index is 214. The fourth-order valence-electron chi connectivity index (χ4n) is 3.17. The van der Waals surface area contributed by atoms with E-state index in [0.29, 0.717) is 0 Å². The van der Waals surface area contributed by atoms with Crippen LogP contribution in [0.25, 0.3) is 0 Å². The molecule has 2 saturated heterocycles. The minimum Gasteiger partial charge on any atom is -0.312 e. The smallest absolute Gasteiger partial charge is 0.0195 e. The Labute approximate surface area is 107 Å². The summed E-state index contributed by atoms with van der Waals surface area (Å²) in [7, 11) is 2.24. The van der Waals surface area contributed by atoms with E-state index in [1.54, 1.807) is 0 Å². The summed E-state index contributed by atoms with van der Waals surface area (Å²) in [6, 6.07) is 0.731.